The first-order valence-corrected chi connectivity index (χ1v) is 8.88. The average Bonchev–Trinajstić information content (AvgIpc) is 3.09. The highest BCUT2D eigenvalue weighted by molar-refractivity contribution is 9.10. The van der Waals surface area contributed by atoms with Gasteiger partial charge in [0.05, 0.1) is 7.11 Å². The molecule has 126 valence electrons. The van der Waals surface area contributed by atoms with Crippen molar-refractivity contribution in [3.63, 3.8) is 0 Å². The van der Waals surface area contributed by atoms with Crippen molar-refractivity contribution in [2.75, 3.05) is 31.6 Å². The average molecular weight is 389 g/mol. The Balaban J connectivity index is 1.50. The number of hydrogen-bond acceptors (Lipinski definition) is 3. The van der Waals surface area contributed by atoms with Crippen molar-refractivity contribution in [2.45, 2.75) is 6.42 Å². The van der Waals surface area contributed by atoms with E-state index >= 15 is 0 Å². The molecule has 0 saturated carbocycles. The lowest BCUT2D eigenvalue weighted by Gasteiger charge is -2.19. The van der Waals surface area contributed by atoms with E-state index in [0.717, 1.165) is 29.7 Å². The quantitative estimate of drug-likeness (QED) is 0.848. The maximum atomic E-state index is 12.2. The molecule has 0 spiro atoms. The van der Waals surface area contributed by atoms with Crippen LogP contribution in [0.3, 0.4) is 0 Å². The first-order chi connectivity index (χ1) is 11.7. The van der Waals surface area contributed by atoms with Crippen LogP contribution >= 0.6 is 15.9 Å². The Morgan fingerprint density at radius 3 is 2.58 bits per heavy atom. The maximum Gasteiger partial charge on any atom is 0.251 e. The molecule has 1 fully saturated rings. The fourth-order valence-corrected chi connectivity index (χ4v) is 3.23. The second-order valence-corrected chi connectivity index (χ2v) is 6.93. The Morgan fingerprint density at radius 1 is 1.21 bits per heavy atom. The molecule has 2 aromatic carbocycles. The number of halogens is 1. The molecule has 1 aliphatic heterocycles. The van der Waals surface area contributed by atoms with Crippen molar-refractivity contribution in [3.8, 4) is 5.75 Å². The number of carbonyl (C=O) groups excluding carboxylic acids is 1. The highest BCUT2D eigenvalue weighted by Gasteiger charge is 2.23. The molecule has 1 saturated heterocycles. The van der Waals surface area contributed by atoms with Crippen LogP contribution in [0.2, 0.25) is 0 Å². The van der Waals surface area contributed by atoms with Gasteiger partial charge in [-0.3, -0.25) is 4.79 Å². The van der Waals surface area contributed by atoms with Crippen molar-refractivity contribution >= 4 is 27.5 Å². The highest BCUT2D eigenvalue weighted by atomic mass is 79.9. The zero-order valence-corrected chi connectivity index (χ0v) is 15.3. The minimum Gasteiger partial charge on any atom is -0.497 e. The van der Waals surface area contributed by atoms with Crippen molar-refractivity contribution in [3.05, 3.63) is 58.6 Å². The summed E-state index contributed by atoms with van der Waals surface area (Å²) in [5.74, 6) is 1.34. The summed E-state index contributed by atoms with van der Waals surface area (Å²) in [5, 5.41) is 3.05. The molecule has 0 radical (unpaired) electrons. The molecule has 0 aliphatic carbocycles. The van der Waals surface area contributed by atoms with Gasteiger partial charge in [0.1, 0.15) is 5.75 Å². The summed E-state index contributed by atoms with van der Waals surface area (Å²) in [6.07, 6.45) is 1.09. The monoisotopic (exact) mass is 388 g/mol. The lowest BCUT2D eigenvalue weighted by molar-refractivity contribution is 0.0948. The van der Waals surface area contributed by atoms with Gasteiger partial charge < -0.3 is 15.0 Å². The predicted octanol–water partition coefficient (Wildman–Crippen LogP) is 3.71. The van der Waals surface area contributed by atoms with Crippen LogP contribution in [0.15, 0.2) is 53.0 Å². The first kappa shape index (κ1) is 16.8. The van der Waals surface area contributed by atoms with Gasteiger partial charge in [-0.05, 0) is 60.9 Å². The number of nitrogens with zero attached hydrogens (tertiary/aromatic N) is 1. The van der Waals surface area contributed by atoms with Gasteiger partial charge in [0, 0.05) is 35.4 Å². The number of amides is 1. The lowest BCUT2D eigenvalue weighted by Crippen LogP contribution is -2.31. The molecule has 1 heterocycles. The Kier molecular flexibility index (Phi) is 5.41. The third-order valence-electron chi connectivity index (χ3n) is 4.38. The minimum absolute atomic E-state index is 0.00889. The van der Waals surface area contributed by atoms with Gasteiger partial charge in [-0.2, -0.15) is 0 Å². The number of ether oxygens (including phenoxy) is 1. The first-order valence-electron chi connectivity index (χ1n) is 8.08. The zero-order chi connectivity index (χ0) is 16.9. The topological polar surface area (TPSA) is 41.6 Å². The van der Waals surface area contributed by atoms with Gasteiger partial charge >= 0.3 is 0 Å². The van der Waals surface area contributed by atoms with Gasteiger partial charge in [0.15, 0.2) is 0 Å². The Hall–Kier alpha value is -2.01. The number of carbonyl (C=O) groups is 1. The fourth-order valence-electron chi connectivity index (χ4n) is 2.97. The molecule has 1 N–H and O–H groups in total. The summed E-state index contributed by atoms with van der Waals surface area (Å²) >= 11 is 3.38. The third kappa shape index (κ3) is 4.09. The van der Waals surface area contributed by atoms with Crippen LogP contribution in [0.4, 0.5) is 5.69 Å². The number of anilines is 1. The molecule has 24 heavy (non-hydrogen) atoms. The SMILES string of the molecule is COc1ccc(N2CCC(CNC(=O)c3ccc(Br)cc3)C2)cc1. The predicted molar refractivity (Wildman–Crippen MR) is 99.8 cm³/mol. The summed E-state index contributed by atoms with van der Waals surface area (Å²) in [4.78, 5) is 14.5. The maximum absolute atomic E-state index is 12.2. The molecular weight excluding hydrogens is 368 g/mol. The smallest absolute Gasteiger partial charge is 0.251 e. The van der Waals surface area contributed by atoms with Crippen LogP contribution in [0.25, 0.3) is 0 Å². The van der Waals surface area contributed by atoms with E-state index in [4.69, 9.17) is 4.74 Å². The van der Waals surface area contributed by atoms with E-state index in [2.05, 4.69) is 38.3 Å². The Bertz CT molecular complexity index is 686. The number of rotatable bonds is 5. The third-order valence-corrected chi connectivity index (χ3v) is 4.91. The molecule has 1 aliphatic rings. The van der Waals surface area contributed by atoms with Crippen molar-refractivity contribution < 1.29 is 9.53 Å². The molecule has 4 nitrogen and oxygen atoms in total. The number of nitrogens with one attached hydrogen (secondary N) is 1. The van der Waals surface area contributed by atoms with E-state index in [-0.39, 0.29) is 5.91 Å². The van der Waals surface area contributed by atoms with Gasteiger partial charge in [0.25, 0.3) is 5.91 Å². The molecule has 0 bridgehead atoms. The van der Waals surface area contributed by atoms with Gasteiger partial charge in [0.2, 0.25) is 0 Å². The van der Waals surface area contributed by atoms with Gasteiger partial charge in [-0.25, -0.2) is 0 Å². The van der Waals surface area contributed by atoms with E-state index in [1.807, 2.05) is 36.4 Å². The van der Waals surface area contributed by atoms with Gasteiger partial charge in [-0.1, -0.05) is 15.9 Å². The number of hydrogen-bond donors (Lipinski definition) is 1. The van der Waals surface area contributed by atoms with Crippen LogP contribution < -0.4 is 15.0 Å². The van der Waals surface area contributed by atoms with Crippen molar-refractivity contribution in [1.82, 2.24) is 5.32 Å². The van der Waals surface area contributed by atoms with Crippen LogP contribution in [0, 0.1) is 5.92 Å². The summed E-state index contributed by atoms with van der Waals surface area (Å²) in [5.41, 5.74) is 1.90. The molecule has 1 amide bonds. The Labute approximate surface area is 150 Å². The molecule has 1 atom stereocenters. The van der Waals surface area contributed by atoms with E-state index < -0.39 is 0 Å². The van der Waals surface area contributed by atoms with Crippen LogP contribution in [-0.2, 0) is 0 Å². The van der Waals surface area contributed by atoms with Crippen LogP contribution in [0.1, 0.15) is 16.8 Å². The van der Waals surface area contributed by atoms with Crippen molar-refractivity contribution in [1.29, 1.82) is 0 Å². The highest BCUT2D eigenvalue weighted by Crippen LogP contribution is 2.25. The van der Waals surface area contributed by atoms with Crippen LogP contribution in [0.5, 0.6) is 5.75 Å². The largest absolute Gasteiger partial charge is 0.497 e. The molecule has 2 aromatic rings. The standard InChI is InChI=1S/C19H21BrN2O2/c1-24-18-8-6-17(7-9-18)22-11-10-14(13-22)12-21-19(23)15-2-4-16(20)5-3-15/h2-9,14H,10-13H2,1H3,(H,21,23). The second-order valence-electron chi connectivity index (χ2n) is 6.02. The lowest BCUT2D eigenvalue weighted by atomic mass is 10.1. The Morgan fingerprint density at radius 2 is 1.92 bits per heavy atom. The van der Waals surface area contributed by atoms with Crippen LogP contribution in [-0.4, -0.2) is 32.7 Å². The minimum atomic E-state index is -0.00889. The summed E-state index contributed by atoms with van der Waals surface area (Å²) in [6, 6.07) is 15.6. The summed E-state index contributed by atoms with van der Waals surface area (Å²) < 4.78 is 6.18. The van der Waals surface area contributed by atoms with E-state index in [9.17, 15) is 4.79 Å². The molecule has 5 heteroatoms. The zero-order valence-electron chi connectivity index (χ0n) is 13.7. The molecule has 0 aromatic heterocycles. The van der Waals surface area contributed by atoms with E-state index in [0.29, 0.717) is 18.0 Å². The van der Waals surface area contributed by atoms with Gasteiger partial charge in [-0.15, -0.1) is 0 Å². The summed E-state index contributed by atoms with van der Waals surface area (Å²) in [6.45, 7) is 2.69. The normalized spacial score (nSPS) is 16.9. The second kappa shape index (κ2) is 7.71. The fraction of sp³-hybridized carbons (Fsp3) is 0.316. The summed E-state index contributed by atoms with van der Waals surface area (Å²) in [7, 11) is 1.68. The number of methoxy groups -OCH3 is 1. The number of benzene rings is 2. The molecule has 1 unspecified atom stereocenters. The van der Waals surface area contributed by atoms with Crippen molar-refractivity contribution in [2.24, 2.45) is 5.92 Å². The van der Waals surface area contributed by atoms with E-state index in [1.54, 1.807) is 7.11 Å². The van der Waals surface area contributed by atoms with E-state index in [1.165, 1.54) is 5.69 Å². The molecular formula is C19H21BrN2O2. The molecule has 3 rings (SSSR count).